The summed E-state index contributed by atoms with van der Waals surface area (Å²) in [6, 6.07) is 5.07. The van der Waals surface area contributed by atoms with Crippen molar-refractivity contribution in [2.75, 3.05) is 6.61 Å². The molecule has 5 nitrogen and oxygen atoms in total. The summed E-state index contributed by atoms with van der Waals surface area (Å²) in [5, 5.41) is 8.97. The van der Waals surface area contributed by atoms with Gasteiger partial charge in [0.2, 0.25) is 4.77 Å². The number of benzene rings is 1. The number of aromatic nitrogens is 3. The SMILES string of the molecule is CCCOc1ccc(/C=N\n2c(C(F)(F)F)n[nH]c2=S)cc1Br. The topological polar surface area (TPSA) is 55.2 Å². The monoisotopic (exact) mass is 408 g/mol. The van der Waals surface area contributed by atoms with Crippen LogP contribution in [0.25, 0.3) is 0 Å². The van der Waals surface area contributed by atoms with Gasteiger partial charge in [0.25, 0.3) is 5.82 Å². The summed E-state index contributed by atoms with van der Waals surface area (Å²) in [7, 11) is 0. The van der Waals surface area contributed by atoms with Crippen molar-refractivity contribution in [3.8, 4) is 5.75 Å². The number of hydrogen-bond donors (Lipinski definition) is 1. The Kier molecular flexibility index (Phi) is 5.58. The maximum absolute atomic E-state index is 12.8. The van der Waals surface area contributed by atoms with E-state index in [-0.39, 0.29) is 4.77 Å². The molecule has 0 aliphatic heterocycles. The standard InChI is InChI=1S/C13H12BrF3N4OS/c1-2-5-22-10-4-3-8(6-9(10)14)7-18-21-11(13(15,16)17)19-20-12(21)23/h3-4,6-7H,2,5H2,1H3,(H,20,23)/b18-7-. The van der Waals surface area contributed by atoms with E-state index >= 15 is 0 Å². The second-order valence-corrected chi connectivity index (χ2v) is 5.69. The van der Waals surface area contributed by atoms with Gasteiger partial charge in [0.1, 0.15) is 5.75 Å². The molecule has 1 aromatic heterocycles. The second-order valence-electron chi connectivity index (χ2n) is 4.44. The molecule has 0 amide bonds. The molecule has 0 spiro atoms. The fourth-order valence-electron chi connectivity index (χ4n) is 1.63. The molecule has 0 radical (unpaired) electrons. The van der Waals surface area contributed by atoms with Gasteiger partial charge < -0.3 is 4.74 Å². The second kappa shape index (κ2) is 7.26. The van der Waals surface area contributed by atoms with Crippen molar-refractivity contribution in [3.05, 3.63) is 38.8 Å². The molecule has 1 aromatic carbocycles. The van der Waals surface area contributed by atoms with Gasteiger partial charge in [-0.2, -0.15) is 22.9 Å². The van der Waals surface area contributed by atoms with Crippen molar-refractivity contribution in [1.29, 1.82) is 0 Å². The highest BCUT2D eigenvalue weighted by Gasteiger charge is 2.37. The van der Waals surface area contributed by atoms with Gasteiger partial charge >= 0.3 is 6.18 Å². The third-order valence-corrected chi connectivity index (χ3v) is 3.53. The predicted octanol–water partition coefficient (Wildman–Crippen LogP) is 4.39. The number of nitrogens with one attached hydrogen (secondary N) is 1. The molecule has 0 saturated carbocycles. The van der Waals surface area contributed by atoms with Crippen LogP contribution in [0, 0.1) is 4.77 Å². The molecule has 0 fully saturated rings. The summed E-state index contributed by atoms with van der Waals surface area (Å²) in [4.78, 5) is 0. The lowest BCUT2D eigenvalue weighted by Gasteiger charge is -2.07. The smallest absolute Gasteiger partial charge is 0.453 e. The first-order chi connectivity index (χ1) is 10.8. The van der Waals surface area contributed by atoms with Crippen LogP contribution in [0.1, 0.15) is 24.7 Å². The molecule has 0 unspecified atom stereocenters. The van der Waals surface area contributed by atoms with E-state index in [1.165, 1.54) is 6.21 Å². The third kappa shape index (κ3) is 4.41. The van der Waals surface area contributed by atoms with Crippen LogP contribution < -0.4 is 4.74 Å². The molecule has 1 N–H and O–H groups in total. The molecular weight excluding hydrogens is 397 g/mol. The van der Waals surface area contributed by atoms with Crippen molar-refractivity contribution in [2.24, 2.45) is 5.10 Å². The number of alkyl halides is 3. The van der Waals surface area contributed by atoms with Crippen LogP contribution in [0.5, 0.6) is 5.75 Å². The van der Waals surface area contributed by atoms with Gasteiger partial charge in [0.15, 0.2) is 0 Å². The lowest BCUT2D eigenvalue weighted by molar-refractivity contribution is -0.147. The minimum atomic E-state index is -4.65. The first kappa shape index (κ1) is 17.7. The van der Waals surface area contributed by atoms with E-state index in [2.05, 4.69) is 31.2 Å². The first-order valence-corrected chi connectivity index (χ1v) is 7.74. The molecule has 0 saturated heterocycles. The van der Waals surface area contributed by atoms with E-state index in [0.717, 1.165) is 6.42 Å². The van der Waals surface area contributed by atoms with Crippen LogP contribution in [-0.4, -0.2) is 27.7 Å². The zero-order valence-electron chi connectivity index (χ0n) is 11.9. The van der Waals surface area contributed by atoms with Crippen LogP contribution in [0.15, 0.2) is 27.8 Å². The number of ether oxygens (including phenoxy) is 1. The summed E-state index contributed by atoms with van der Waals surface area (Å²) in [5.41, 5.74) is 0.581. The number of hydrogen-bond acceptors (Lipinski definition) is 4. The van der Waals surface area contributed by atoms with Gasteiger partial charge in [-0.25, -0.2) is 5.10 Å². The molecule has 0 aliphatic rings. The molecule has 0 aliphatic carbocycles. The lowest BCUT2D eigenvalue weighted by Crippen LogP contribution is -2.12. The minimum Gasteiger partial charge on any atom is -0.492 e. The highest BCUT2D eigenvalue weighted by molar-refractivity contribution is 9.10. The van der Waals surface area contributed by atoms with Crippen LogP contribution in [0.2, 0.25) is 0 Å². The fraction of sp³-hybridized carbons (Fsp3) is 0.308. The Balaban J connectivity index is 2.26. The minimum absolute atomic E-state index is 0.240. The maximum atomic E-state index is 12.8. The van der Waals surface area contributed by atoms with Crippen LogP contribution in [0.4, 0.5) is 13.2 Å². The highest BCUT2D eigenvalue weighted by Crippen LogP contribution is 2.28. The lowest BCUT2D eigenvalue weighted by atomic mass is 10.2. The number of rotatable bonds is 5. The van der Waals surface area contributed by atoms with Gasteiger partial charge in [-0.3, -0.25) is 0 Å². The molecule has 23 heavy (non-hydrogen) atoms. The number of aromatic amines is 1. The Labute approximate surface area is 143 Å². The highest BCUT2D eigenvalue weighted by atomic mass is 79.9. The molecule has 2 aromatic rings. The first-order valence-electron chi connectivity index (χ1n) is 6.54. The molecule has 124 valence electrons. The molecule has 0 bridgehead atoms. The van der Waals surface area contributed by atoms with Crippen molar-refractivity contribution in [3.63, 3.8) is 0 Å². The zero-order valence-corrected chi connectivity index (χ0v) is 14.3. The number of nitrogens with zero attached hydrogens (tertiary/aromatic N) is 3. The zero-order chi connectivity index (χ0) is 17.0. The third-order valence-electron chi connectivity index (χ3n) is 2.64. The summed E-state index contributed by atoms with van der Waals surface area (Å²) >= 11 is 8.10. The van der Waals surface area contributed by atoms with Crippen molar-refractivity contribution in [2.45, 2.75) is 19.5 Å². The average molecular weight is 409 g/mol. The Hall–Kier alpha value is -1.68. The molecule has 0 atom stereocenters. The van der Waals surface area contributed by atoms with E-state index < -0.39 is 12.0 Å². The number of H-pyrrole nitrogens is 1. The number of halogens is 4. The van der Waals surface area contributed by atoms with Gasteiger partial charge in [-0.05, 0) is 58.3 Å². The molecule has 10 heteroatoms. The summed E-state index contributed by atoms with van der Waals surface area (Å²) < 4.78 is 44.8. The van der Waals surface area contributed by atoms with Gasteiger partial charge in [0, 0.05) is 0 Å². The Morgan fingerprint density at radius 1 is 1.48 bits per heavy atom. The van der Waals surface area contributed by atoms with Crippen LogP contribution >= 0.6 is 28.1 Å². The quantitative estimate of drug-likeness (QED) is 0.589. The summed E-state index contributed by atoms with van der Waals surface area (Å²) in [5.74, 6) is -0.555. The van der Waals surface area contributed by atoms with E-state index in [1.54, 1.807) is 18.2 Å². The normalized spacial score (nSPS) is 12.0. The summed E-state index contributed by atoms with van der Waals surface area (Å²) in [6.07, 6.45) is -2.52. The maximum Gasteiger partial charge on any atom is 0.453 e. The van der Waals surface area contributed by atoms with Gasteiger partial charge in [-0.15, -0.1) is 5.10 Å². The van der Waals surface area contributed by atoms with E-state index in [0.29, 0.717) is 27.1 Å². The Bertz CT molecular complexity index is 769. The van der Waals surface area contributed by atoms with Crippen molar-refractivity contribution >= 4 is 34.4 Å². The average Bonchev–Trinajstić information content (AvgIpc) is 2.85. The van der Waals surface area contributed by atoms with E-state index in [1.807, 2.05) is 6.92 Å². The molecule has 2 rings (SSSR count). The Morgan fingerprint density at radius 3 is 2.83 bits per heavy atom. The fourth-order valence-corrected chi connectivity index (χ4v) is 2.32. The molecular formula is C13H12BrF3N4OS. The van der Waals surface area contributed by atoms with Gasteiger partial charge in [0.05, 0.1) is 17.3 Å². The largest absolute Gasteiger partial charge is 0.492 e. The Morgan fingerprint density at radius 2 is 2.22 bits per heavy atom. The van der Waals surface area contributed by atoms with Gasteiger partial charge in [-0.1, -0.05) is 6.92 Å². The van der Waals surface area contributed by atoms with E-state index in [4.69, 9.17) is 17.0 Å². The van der Waals surface area contributed by atoms with Crippen molar-refractivity contribution in [1.82, 2.24) is 14.9 Å². The summed E-state index contributed by atoms with van der Waals surface area (Å²) in [6.45, 7) is 2.56. The van der Waals surface area contributed by atoms with Crippen LogP contribution in [0.3, 0.4) is 0 Å². The predicted molar refractivity (Wildman–Crippen MR) is 85.3 cm³/mol. The van der Waals surface area contributed by atoms with Crippen LogP contribution in [-0.2, 0) is 6.18 Å². The van der Waals surface area contributed by atoms with E-state index in [9.17, 15) is 13.2 Å². The van der Waals surface area contributed by atoms with Crippen molar-refractivity contribution < 1.29 is 17.9 Å². The molecule has 1 heterocycles.